The van der Waals surface area contributed by atoms with Crippen molar-refractivity contribution in [3.05, 3.63) is 95.3 Å². The van der Waals surface area contributed by atoms with Crippen molar-refractivity contribution in [3.8, 4) is 11.5 Å². The van der Waals surface area contributed by atoms with Gasteiger partial charge in [-0.1, -0.05) is 48.5 Å². The summed E-state index contributed by atoms with van der Waals surface area (Å²) in [5.41, 5.74) is 2.31. The van der Waals surface area contributed by atoms with E-state index in [1.165, 1.54) is 12.1 Å². The van der Waals surface area contributed by atoms with Crippen LogP contribution >= 0.6 is 0 Å². The Morgan fingerprint density at radius 2 is 1.57 bits per heavy atom. The maximum absolute atomic E-state index is 13.6. The monoisotopic (exact) mass is 502 g/mol. The molecule has 7 heteroatoms. The van der Waals surface area contributed by atoms with Crippen LogP contribution in [-0.2, 0) is 27.8 Å². The number of benzene rings is 3. The molecule has 1 N–H and O–H groups in total. The molecule has 0 atom stereocenters. The maximum Gasteiger partial charge on any atom is 0.231 e. The summed E-state index contributed by atoms with van der Waals surface area (Å²) in [6, 6.07) is 22.0. The van der Waals surface area contributed by atoms with Gasteiger partial charge in [0, 0.05) is 26.1 Å². The highest BCUT2D eigenvalue weighted by atomic mass is 19.1. The van der Waals surface area contributed by atoms with Gasteiger partial charge >= 0.3 is 0 Å². The molecule has 3 aromatic rings. The summed E-state index contributed by atoms with van der Waals surface area (Å²) in [4.78, 5) is 28.4. The van der Waals surface area contributed by atoms with Crippen LogP contribution in [0.1, 0.15) is 36.0 Å². The van der Waals surface area contributed by atoms with Crippen LogP contribution in [0.2, 0.25) is 0 Å². The van der Waals surface area contributed by atoms with Crippen molar-refractivity contribution in [2.75, 3.05) is 26.4 Å². The van der Waals surface area contributed by atoms with Crippen molar-refractivity contribution in [2.45, 2.75) is 37.5 Å². The van der Waals surface area contributed by atoms with Gasteiger partial charge in [-0.2, -0.15) is 0 Å². The first-order valence-electron chi connectivity index (χ1n) is 12.8. The Kier molecular flexibility index (Phi) is 7.40. The molecule has 0 radical (unpaired) electrons. The van der Waals surface area contributed by atoms with Crippen molar-refractivity contribution >= 4 is 11.8 Å². The number of ether oxygens (including phenoxy) is 2. The summed E-state index contributed by atoms with van der Waals surface area (Å²) in [7, 11) is 0. The van der Waals surface area contributed by atoms with Gasteiger partial charge in [0.25, 0.3) is 0 Å². The molecule has 2 aliphatic heterocycles. The van der Waals surface area contributed by atoms with Gasteiger partial charge in [0.1, 0.15) is 5.82 Å². The lowest BCUT2D eigenvalue weighted by atomic mass is 9.72. The number of fused-ring (bicyclic) bond motifs is 1. The van der Waals surface area contributed by atoms with Gasteiger partial charge in [0.15, 0.2) is 11.5 Å². The Labute approximate surface area is 216 Å². The first-order chi connectivity index (χ1) is 18.0. The number of hydrogen-bond acceptors (Lipinski definition) is 4. The molecule has 2 heterocycles. The number of carbonyl (C=O) groups excluding carboxylic acids is 2. The Morgan fingerprint density at radius 3 is 2.32 bits per heavy atom. The first kappa shape index (κ1) is 24.8. The number of hydrogen-bond donors (Lipinski definition) is 1. The summed E-state index contributed by atoms with van der Waals surface area (Å²) >= 11 is 0. The largest absolute Gasteiger partial charge is 0.454 e. The zero-order chi connectivity index (χ0) is 25.7. The van der Waals surface area contributed by atoms with E-state index in [-0.39, 0.29) is 24.4 Å². The molecule has 37 heavy (non-hydrogen) atoms. The number of likely N-dealkylation sites (tertiary alicyclic amines) is 1. The summed E-state index contributed by atoms with van der Waals surface area (Å²) < 4.78 is 24.0. The second-order valence-electron chi connectivity index (χ2n) is 9.65. The highest BCUT2D eigenvalue weighted by Crippen LogP contribution is 2.36. The predicted octanol–water partition coefficient (Wildman–Crippen LogP) is 4.41. The van der Waals surface area contributed by atoms with E-state index in [0.717, 1.165) is 28.2 Å². The van der Waals surface area contributed by atoms with Crippen molar-refractivity contribution in [1.29, 1.82) is 0 Å². The third-order valence-corrected chi connectivity index (χ3v) is 7.41. The lowest BCUT2D eigenvalue weighted by molar-refractivity contribution is -0.136. The zero-order valence-corrected chi connectivity index (χ0v) is 20.8. The summed E-state index contributed by atoms with van der Waals surface area (Å²) in [6.45, 7) is 1.79. The predicted molar refractivity (Wildman–Crippen MR) is 138 cm³/mol. The van der Waals surface area contributed by atoms with Crippen molar-refractivity contribution in [1.82, 2.24) is 10.2 Å². The van der Waals surface area contributed by atoms with Crippen molar-refractivity contribution in [3.63, 3.8) is 0 Å². The lowest BCUT2D eigenvalue weighted by Crippen LogP contribution is -2.53. The number of nitrogens with one attached hydrogen (secondary N) is 1. The van der Waals surface area contributed by atoms with Gasteiger partial charge in [-0.3, -0.25) is 9.59 Å². The minimum absolute atomic E-state index is 0.00199. The van der Waals surface area contributed by atoms with Crippen LogP contribution < -0.4 is 14.8 Å². The van der Waals surface area contributed by atoms with Crippen LogP contribution in [0.5, 0.6) is 11.5 Å². The molecule has 2 aliphatic rings. The second kappa shape index (κ2) is 11.0. The number of carbonyl (C=O) groups is 2. The highest BCUT2D eigenvalue weighted by molar-refractivity contribution is 5.89. The number of piperidine rings is 1. The van der Waals surface area contributed by atoms with E-state index < -0.39 is 5.41 Å². The molecule has 0 saturated carbocycles. The molecule has 3 aromatic carbocycles. The third kappa shape index (κ3) is 5.61. The zero-order valence-electron chi connectivity index (χ0n) is 20.8. The number of aryl methyl sites for hydroxylation is 1. The summed E-state index contributed by atoms with van der Waals surface area (Å²) in [5.74, 6) is 1.26. The Bertz CT molecular complexity index is 1240. The van der Waals surface area contributed by atoms with Gasteiger partial charge in [0.2, 0.25) is 18.6 Å². The highest BCUT2D eigenvalue weighted by Gasteiger charge is 2.43. The van der Waals surface area contributed by atoms with Crippen LogP contribution in [0.25, 0.3) is 0 Å². The van der Waals surface area contributed by atoms with Crippen LogP contribution in [0.3, 0.4) is 0 Å². The van der Waals surface area contributed by atoms with E-state index in [1.807, 2.05) is 53.4 Å². The molecule has 6 nitrogen and oxygen atoms in total. The summed E-state index contributed by atoms with van der Waals surface area (Å²) in [5, 5.41) is 3.16. The van der Waals surface area contributed by atoms with E-state index in [4.69, 9.17) is 9.47 Å². The van der Waals surface area contributed by atoms with Gasteiger partial charge in [-0.05, 0) is 66.6 Å². The van der Waals surface area contributed by atoms with Crippen LogP contribution in [0, 0.1) is 5.82 Å². The molecule has 5 rings (SSSR count). The molecule has 2 amide bonds. The molecule has 0 aromatic heterocycles. The third-order valence-electron chi connectivity index (χ3n) is 7.41. The molecule has 1 saturated heterocycles. The van der Waals surface area contributed by atoms with Gasteiger partial charge < -0.3 is 19.7 Å². The quantitative estimate of drug-likeness (QED) is 0.496. The lowest BCUT2D eigenvalue weighted by Gasteiger charge is -2.41. The molecule has 0 unspecified atom stereocenters. The van der Waals surface area contributed by atoms with E-state index in [0.29, 0.717) is 51.7 Å². The minimum Gasteiger partial charge on any atom is -0.454 e. The van der Waals surface area contributed by atoms with E-state index in [9.17, 15) is 14.0 Å². The van der Waals surface area contributed by atoms with Crippen LogP contribution in [0.4, 0.5) is 4.39 Å². The number of halogens is 1. The molecule has 0 bridgehead atoms. The molecular formula is C30H31FN2O4. The average Bonchev–Trinajstić information content (AvgIpc) is 3.41. The Hall–Kier alpha value is -3.87. The minimum atomic E-state index is -0.677. The number of nitrogens with zero attached hydrogens (tertiary/aromatic N) is 1. The topological polar surface area (TPSA) is 67.9 Å². The fourth-order valence-electron chi connectivity index (χ4n) is 5.19. The normalized spacial score (nSPS) is 15.9. The fourth-order valence-corrected chi connectivity index (χ4v) is 5.19. The molecular weight excluding hydrogens is 471 g/mol. The molecule has 0 aliphatic carbocycles. The number of rotatable bonds is 8. The standard InChI is InChI=1S/C30H31FN2O4/c31-25-10-6-22(7-11-25)9-13-28(34)33-18-15-30(16-19-33,24-4-2-1-3-5-24)29(35)32-17-14-23-8-12-26-27(20-23)37-21-36-26/h1-8,10-12,20H,9,13-19,21H2,(H,32,35). The number of amides is 2. The molecule has 0 spiro atoms. The Balaban J connectivity index is 1.20. The second-order valence-corrected chi connectivity index (χ2v) is 9.65. The van der Waals surface area contributed by atoms with Crippen LogP contribution in [0.15, 0.2) is 72.8 Å². The Morgan fingerprint density at radius 1 is 0.865 bits per heavy atom. The maximum atomic E-state index is 13.6. The van der Waals surface area contributed by atoms with Gasteiger partial charge in [-0.25, -0.2) is 4.39 Å². The van der Waals surface area contributed by atoms with E-state index >= 15 is 0 Å². The summed E-state index contributed by atoms with van der Waals surface area (Å²) in [6.07, 6.45) is 2.75. The smallest absolute Gasteiger partial charge is 0.231 e. The molecule has 192 valence electrons. The molecule has 1 fully saturated rings. The average molecular weight is 503 g/mol. The van der Waals surface area contributed by atoms with Crippen molar-refractivity contribution in [2.24, 2.45) is 0 Å². The first-order valence-corrected chi connectivity index (χ1v) is 12.8. The van der Waals surface area contributed by atoms with Gasteiger partial charge in [0.05, 0.1) is 5.41 Å². The fraction of sp³-hybridized carbons (Fsp3) is 0.333. The van der Waals surface area contributed by atoms with E-state index in [2.05, 4.69) is 5.32 Å². The van der Waals surface area contributed by atoms with Crippen LogP contribution in [-0.4, -0.2) is 43.1 Å². The van der Waals surface area contributed by atoms with Crippen molar-refractivity contribution < 1.29 is 23.5 Å². The van der Waals surface area contributed by atoms with Gasteiger partial charge in [-0.15, -0.1) is 0 Å². The SMILES string of the molecule is O=C(CCc1ccc(F)cc1)N1CCC(C(=O)NCCc2ccc3c(c2)OCO3)(c2ccccc2)CC1. The van der Waals surface area contributed by atoms with E-state index in [1.54, 1.807) is 12.1 Å².